The van der Waals surface area contributed by atoms with Gasteiger partial charge in [0.2, 0.25) is 5.91 Å². The van der Waals surface area contributed by atoms with Crippen LogP contribution in [-0.4, -0.2) is 23.1 Å². The number of carbonyl (C=O) groups is 1. The lowest BCUT2D eigenvalue weighted by molar-refractivity contribution is -0.123. The molecule has 0 aromatic heterocycles. The largest absolute Gasteiger partial charge is 0.505 e. The Morgan fingerprint density at radius 1 is 1.39 bits per heavy atom. The lowest BCUT2D eigenvalue weighted by atomic mass is 10.2. The maximum Gasteiger partial charge on any atom is 0.237 e. The van der Waals surface area contributed by atoms with Crippen molar-refractivity contribution in [2.45, 2.75) is 39.4 Å². The molecule has 0 fully saturated rings. The molecule has 1 atom stereocenters. The summed E-state index contributed by atoms with van der Waals surface area (Å²) in [4.78, 5) is 11.6. The number of phenols is 1. The van der Waals surface area contributed by atoms with Crippen LogP contribution in [0.15, 0.2) is 18.2 Å². The zero-order valence-corrected chi connectivity index (χ0v) is 10.8. The van der Waals surface area contributed by atoms with Crippen LogP contribution >= 0.6 is 0 Å². The molecule has 0 saturated heterocycles. The van der Waals surface area contributed by atoms with Gasteiger partial charge in [-0.05, 0) is 38.5 Å². The van der Waals surface area contributed by atoms with E-state index in [1.807, 2.05) is 13.8 Å². The quantitative estimate of drug-likeness (QED) is 0.747. The number of benzene rings is 1. The van der Waals surface area contributed by atoms with Crippen LogP contribution in [0.4, 0.5) is 4.39 Å². The molecule has 0 bridgehead atoms. The van der Waals surface area contributed by atoms with Crippen LogP contribution in [-0.2, 0) is 11.3 Å². The highest BCUT2D eigenvalue weighted by Gasteiger charge is 2.12. The second kappa shape index (κ2) is 6.35. The van der Waals surface area contributed by atoms with Crippen molar-refractivity contribution in [2.24, 2.45) is 0 Å². The Labute approximate surface area is 106 Å². The van der Waals surface area contributed by atoms with Crippen molar-refractivity contribution in [3.8, 4) is 5.75 Å². The number of nitrogens with one attached hydrogen (secondary N) is 2. The third kappa shape index (κ3) is 4.33. The molecule has 4 nitrogen and oxygen atoms in total. The second-order valence-corrected chi connectivity index (χ2v) is 4.55. The van der Waals surface area contributed by atoms with E-state index >= 15 is 0 Å². The Bertz CT molecular complexity index is 421. The normalized spacial score (nSPS) is 12.5. The third-order valence-electron chi connectivity index (χ3n) is 2.45. The van der Waals surface area contributed by atoms with E-state index in [4.69, 9.17) is 5.11 Å². The summed E-state index contributed by atoms with van der Waals surface area (Å²) in [7, 11) is 0. The smallest absolute Gasteiger partial charge is 0.237 e. The number of halogens is 1. The van der Waals surface area contributed by atoms with Crippen LogP contribution in [0.1, 0.15) is 26.3 Å². The first kappa shape index (κ1) is 14.4. The summed E-state index contributed by atoms with van der Waals surface area (Å²) < 4.78 is 13.1. The molecule has 0 saturated carbocycles. The number of carbonyl (C=O) groups excluding carboxylic acids is 1. The molecule has 1 aromatic carbocycles. The average Bonchev–Trinajstić information content (AvgIpc) is 2.29. The molecular weight excluding hydrogens is 235 g/mol. The van der Waals surface area contributed by atoms with Crippen molar-refractivity contribution in [1.82, 2.24) is 10.6 Å². The summed E-state index contributed by atoms with van der Waals surface area (Å²) in [6.07, 6.45) is 0. The predicted molar refractivity (Wildman–Crippen MR) is 67.6 cm³/mol. The second-order valence-electron chi connectivity index (χ2n) is 4.55. The standard InChI is InChI=1S/C13H19FN2O2/c1-8(2)16-13(18)9(3)15-7-10-4-5-12(17)11(14)6-10/h4-6,8-9,15,17H,7H2,1-3H3,(H,16,18). The molecule has 0 radical (unpaired) electrons. The van der Waals surface area contributed by atoms with Gasteiger partial charge in [-0.15, -0.1) is 0 Å². The molecule has 3 N–H and O–H groups in total. The summed E-state index contributed by atoms with van der Waals surface area (Å²) in [5.74, 6) is -1.12. The Morgan fingerprint density at radius 3 is 2.61 bits per heavy atom. The number of amides is 1. The van der Waals surface area contributed by atoms with Crippen LogP contribution in [0.25, 0.3) is 0 Å². The first-order valence-electron chi connectivity index (χ1n) is 5.91. The minimum absolute atomic E-state index is 0.0906. The topological polar surface area (TPSA) is 61.4 Å². The Balaban J connectivity index is 2.49. The first-order valence-corrected chi connectivity index (χ1v) is 5.91. The zero-order chi connectivity index (χ0) is 13.7. The molecule has 1 amide bonds. The third-order valence-corrected chi connectivity index (χ3v) is 2.45. The van der Waals surface area contributed by atoms with E-state index in [1.165, 1.54) is 12.1 Å². The van der Waals surface area contributed by atoms with Gasteiger partial charge in [0.25, 0.3) is 0 Å². The molecule has 18 heavy (non-hydrogen) atoms. The van der Waals surface area contributed by atoms with Crippen LogP contribution in [0, 0.1) is 5.82 Å². The molecular formula is C13H19FN2O2. The van der Waals surface area contributed by atoms with Crippen LogP contribution in [0.3, 0.4) is 0 Å². The minimum atomic E-state index is -0.659. The van der Waals surface area contributed by atoms with Gasteiger partial charge in [-0.1, -0.05) is 6.07 Å². The van der Waals surface area contributed by atoms with Crippen molar-refractivity contribution in [3.05, 3.63) is 29.6 Å². The fraction of sp³-hybridized carbons (Fsp3) is 0.462. The number of hydrogen-bond acceptors (Lipinski definition) is 3. The van der Waals surface area contributed by atoms with E-state index in [9.17, 15) is 9.18 Å². The van der Waals surface area contributed by atoms with E-state index < -0.39 is 5.82 Å². The summed E-state index contributed by atoms with van der Waals surface area (Å²) in [6, 6.07) is 3.89. The fourth-order valence-corrected chi connectivity index (χ4v) is 1.43. The maximum absolute atomic E-state index is 13.1. The number of aromatic hydroxyl groups is 1. The summed E-state index contributed by atoms with van der Waals surface area (Å²) >= 11 is 0. The average molecular weight is 254 g/mol. The zero-order valence-electron chi connectivity index (χ0n) is 10.8. The van der Waals surface area contributed by atoms with Gasteiger partial charge in [-0.2, -0.15) is 0 Å². The summed E-state index contributed by atoms with van der Waals surface area (Å²) in [6.45, 7) is 5.89. The lowest BCUT2D eigenvalue weighted by Gasteiger charge is -2.16. The van der Waals surface area contributed by atoms with Crippen molar-refractivity contribution in [1.29, 1.82) is 0 Å². The first-order chi connectivity index (χ1) is 8.40. The molecule has 0 heterocycles. The molecule has 1 unspecified atom stereocenters. The van der Waals surface area contributed by atoms with E-state index in [2.05, 4.69) is 10.6 Å². The van der Waals surface area contributed by atoms with Gasteiger partial charge in [-0.3, -0.25) is 4.79 Å². The van der Waals surface area contributed by atoms with E-state index in [1.54, 1.807) is 13.0 Å². The number of phenolic OH excluding ortho intramolecular Hbond substituents is 1. The van der Waals surface area contributed by atoms with Gasteiger partial charge in [0, 0.05) is 12.6 Å². The van der Waals surface area contributed by atoms with E-state index in [0.29, 0.717) is 12.1 Å². The molecule has 0 spiro atoms. The minimum Gasteiger partial charge on any atom is -0.505 e. The van der Waals surface area contributed by atoms with Crippen molar-refractivity contribution >= 4 is 5.91 Å². The number of rotatable bonds is 5. The van der Waals surface area contributed by atoms with Gasteiger partial charge in [-0.25, -0.2) is 4.39 Å². The van der Waals surface area contributed by atoms with Gasteiger partial charge >= 0.3 is 0 Å². The van der Waals surface area contributed by atoms with Crippen LogP contribution in [0.2, 0.25) is 0 Å². The molecule has 0 aliphatic carbocycles. The fourth-order valence-electron chi connectivity index (χ4n) is 1.43. The highest BCUT2D eigenvalue weighted by atomic mass is 19.1. The van der Waals surface area contributed by atoms with Gasteiger partial charge in [0.15, 0.2) is 11.6 Å². The highest BCUT2D eigenvalue weighted by Crippen LogP contribution is 2.15. The van der Waals surface area contributed by atoms with Gasteiger partial charge in [0.1, 0.15) is 0 Å². The highest BCUT2D eigenvalue weighted by molar-refractivity contribution is 5.81. The SMILES string of the molecule is CC(C)NC(=O)C(C)NCc1ccc(O)c(F)c1. The van der Waals surface area contributed by atoms with Crippen molar-refractivity contribution in [3.63, 3.8) is 0 Å². The lowest BCUT2D eigenvalue weighted by Crippen LogP contribution is -2.44. The van der Waals surface area contributed by atoms with Crippen molar-refractivity contribution < 1.29 is 14.3 Å². The Morgan fingerprint density at radius 2 is 2.06 bits per heavy atom. The molecule has 1 rings (SSSR count). The molecule has 5 heteroatoms. The van der Waals surface area contributed by atoms with Crippen molar-refractivity contribution in [2.75, 3.05) is 0 Å². The molecule has 0 aliphatic heterocycles. The summed E-state index contributed by atoms with van der Waals surface area (Å²) in [5, 5.41) is 14.8. The van der Waals surface area contributed by atoms with Crippen LogP contribution in [0.5, 0.6) is 5.75 Å². The van der Waals surface area contributed by atoms with E-state index in [0.717, 1.165) is 0 Å². The van der Waals surface area contributed by atoms with Gasteiger partial charge < -0.3 is 15.7 Å². The number of hydrogen-bond donors (Lipinski definition) is 3. The van der Waals surface area contributed by atoms with Crippen LogP contribution < -0.4 is 10.6 Å². The molecule has 0 aliphatic rings. The predicted octanol–water partition coefficient (Wildman–Crippen LogP) is 1.53. The molecule has 1 aromatic rings. The van der Waals surface area contributed by atoms with E-state index in [-0.39, 0.29) is 23.7 Å². The monoisotopic (exact) mass is 254 g/mol. The summed E-state index contributed by atoms with van der Waals surface area (Å²) in [5.41, 5.74) is 0.675. The Hall–Kier alpha value is -1.62. The van der Waals surface area contributed by atoms with Gasteiger partial charge in [0.05, 0.1) is 6.04 Å². The molecule has 100 valence electrons. The maximum atomic E-state index is 13.1. The Kier molecular flexibility index (Phi) is 5.09.